The van der Waals surface area contributed by atoms with Gasteiger partial charge in [-0.05, 0) is 42.8 Å². The third-order valence-corrected chi connectivity index (χ3v) is 3.55. The Morgan fingerprint density at radius 3 is 2.65 bits per heavy atom. The van der Waals surface area contributed by atoms with Gasteiger partial charge in [0.05, 0.1) is 7.11 Å². The Morgan fingerprint density at radius 2 is 2.00 bits per heavy atom. The molecule has 0 unspecified atom stereocenters. The van der Waals surface area contributed by atoms with Crippen LogP contribution in [0.4, 0.5) is 5.69 Å². The van der Waals surface area contributed by atoms with E-state index in [1.807, 2.05) is 13.0 Å². The molecule has 0 heterocycles. The van der Waals surface area contributed by atoms with E-state index < -0.39 is 0 Å². The second-order valence-electron chi connectivity index (χ2n) is 4.83. The van der Waals surface area contributed by atoms with Crippen molar-refractivity contribution in [3.05, 3.63) is 52.5 Å². The summed E-state index contributed by atoms with van der Waals surface area (Å²) in [6.07, 6.45) is 0.708. The molecule has 2 aromatic carbocycles. The van der Waals surface area contributed by atoms with Gasteiger partial charge >= 0.3 is 0 Å². The molecule has 5 nitrogen and oxygen atoms in total. The van der Waals surface area contributed by atoms with Gasteiger partial charge in [0, 0.05) is 16.3 Å². The molecule has 0 bridgehead atoms. The lowest BCUT2D eigenvalue weighted by Crippen LogP contribution is -2.20. The SMILES string of the molecule is COc1cc(C=O)ccc1OCC(=O)Nc1ccc(C)c(Cl)c1. The Balaban J connectivity index is 1.98. The number of anilines is 1. The lowest BCUT2D eigenvalue weighted by atomic mass is 10.2. The maximum Gasteiger partial charge on any atom is 0.262 e. The molecule has 0 saturated heterocycles. The van der Waals surface area contributed by atoms with Gasteiger partial charge < -0.3 is 14.8 Å². The molecule has 0 atom stereocenters. The molecular formula is C17H16ClNO4. The molecule has 0 saturated carbocycles. The van der Waals surface area contributed by atoms with E-state index in [4.69, 9.17) is 21.1 Å². The van der Waals surface area contributed by atoms with Gasteiger partial charge in [0.25, 0.3) is 5.91 Å². The van der Waals surface area contributed by atoms with Crippen molar-refractivity contribution in [2.24, 2.45) is 0 Å². The fourth-order valence-corrected chi connectivity index (χ4v) is 2.07. The van der Waals surface area contributed by atoms with Gasteiger partial charge in [0.2, 0.25) is 0 Å². The minimum atomic E-state index is -0.327. The molecule has 23 heavy (non-hydrogen) atoms. The minimum absolute atomic E-state index is 0.192. The summed E-state index contributed by atoms with van der Waals surface area (Å²) < 4.78 is 10.6. The predicted molar refractivity (Wildman–Crippen MR) is 88.7 cm³/mol. The van der Waals surface area contributed by atoms with Crippen LogP contribution in [-0.4, -0.2) is 25.9 Å². The number of hydrogen-bond donors (Lipinski definition) is 1. The molecule has 120 valence electrons. The second-order valence-corrected chi connectivity index (χ2v) is 5.24. The number of benzene rings is 2. The van der Waals surface area contributed by atoms with Crippen LogP contribution in [0, 0.1) is 6.92 Å². The van der Waals surface area contributed by atoms with Crippen molar-refractivity contribution >= 4 is 29.5 Å². The van der Waals surface area contributed by atoms with Crippen LogP contribution in [0.1, 0.15) is 15.9 Å². The Morgan fingerprint density at radius 1 is 1.22 bits per heavy atom. The zero-order valence-corrected chi connectivity index (χ0v) is 13.5. The molecule has 1 amide bonds. The van der Waals surface area contributed by atoms with Gasteiger partial charge in [-0.1, -0.05) is 17.7 Å². The average Bonchev–Trinajstić information content (AvgIpc) is 2.56. The monoisotopic (exact) mass is 333 g/mol. The van der Waals surface area contributed by atoms with Crippen LogP contribution in [0.15, 0.2) is 36.4 Å². The topological polar surface area (TPSA) is 64.6 Å². The Labute approximate surface area is 139 Å². The van der Waals surface area contributed by atoms with E-state index >= 15 is 0 Å². The van der Waals surface area contributed by atoms with E-state index in [-0.39, 0.29) is 12.5 Å². The van der Waals surface area contributed by atoms with Crippen LogP contribution in [-0.2, 0) is 4.79 Å². The van der Waals surface area contributed by atoms with Crippen LogP contribution in [0.25, 0.3) is 0 Å². The number of amides is 1. The van der Waals surface area contributed by atoms with E-state index in [1.54, 1.807) is 30.3 Å². The summed E-state index contributed by atoms with van der Waals surface area (Å²) in [4.78, 5) is 22.7. The van der Waals surface area contributed by atoms with Crippen LogP contribution >= 0.6 is 11.6 Å². The quantitative estimate of drug-likeness (QED) is 0.822. The Kier molecular flexibility index (Phi) is 5.60. The molecule has 0 fully saturated rings. The van der Waals surface area contributed by atoms with Gasteiger partial charge in [-0.2, -0.15) is 0 Å². The number of nitrogens with one attached hydrogen (secondary N) is 1. The normalized spacial score (nSPS) is 10.0. The highest BCUT2D eigenvalue weighted by molar-refractivity contribution is 6.31. The van der Waals surface area contributed by atoms with Gasteiger partial charge in [-0.15, -0.1) is 0 Å². The summed E-state index contributed by atoms with van der Waals surface area (Å²) in [6, 6.07) is 9.97. The maximum absolute atomic E-state index is 11.9. The number of rotatable bonds is 6. The molecule has 0 spiro atoms. The minimum Gasteiger partial charge on any atom is -0.493 e. The highest BCUT2D eigenvalue weighted by Gasteiger charge is 2.09. The van der Waals surface area contributed by atoms with Crippen molar-refractivity contribution in [2.45, 2.75) is 6.92 Å². The molecule has 0 aromatic heterocycles. The molecule has 2 rings (SSSR count). The zero-order valence-electron chi connectivity index (χ0n) is 12.8. The summed E-state index contributed by atoms with van der Waals surface area (Å²) in [5, 5.41) is 3.27. The first-order chi connectivity index (χ1) is 11.0. The third-order valence-electron chi connectivity index (χ3n) is 3.14. The average molecular weight is 334 g/mol. The van der Waals surface area contributed by atoms with Gasteiger partial charge in [0.15, 0.2) is 18.1 Å². The van der Waals surface area contributed by atoms with Crippen molar-refractivity contribution in [2.75, 3.05) is 19.0 Å². The second kappa shape index (κ2) is 7.65. The van der Waals surface area contributed by atoms with Crippen molar-refractivity contribution in [1.29, 1.82) is 0 Å². The number of methoxy groups -OCH3 is 1. The number of carbonyl (C=O) groups is 2. The molecule has 2 aromatic rings. The van der Waals surface area contributed by atoms with Gasteiger partial charge in [0.1, 0.15) is 6.29 Å². The van der Waals surface area contributed by atoms with Gasteiger partial charge in [-0.3, -0.25) is 9.59 Å². The largest absolute Gasteiger partial charge is 0.493 e. The Bertz CT molecular complexity index is 731. The number of aldehydes is 1. The van der Waals surface area contributed by atoms with Gasteiger partial charge in [-0.25, -0.2) is 0 Å². The maximum atomic E-state index is 11.9. The zero-order chi connectivity index (χ0) is 16.8. The van der Waals surface area contributed by atoms with Crippen LogP contribution < -0.4 is 14.8 Å². The first-order valence-corrected chi connectivity index (χ1v) is 7.23. The van der Waals surface area contributed by atoms with E-state index in [0.717, 1.165) is 5.56 Å². The standard InChI is InChI=1S/C17H16ClNO4/c1-11-3-5-13(8-14(11)18)19-17(21)10-23-15-6-4-12(9-20)7-16(15)22-2/h3-9H,10H2,1-2H3,(H,19,21). The number of ether oxygens (including phenoxy) is 2. The van der Waals surface area contributed by atoms with Crippen molar-refractivity contribution in [1.82, 2.24) is 0 Å². The highest BCUT2D eigenvalue weighted by atomic mass is 35.5. The van der Waals surface area contributed by atoms with Crippen LogP contribution in [0.2, 0.25) is 5.02 Å². The third kappa shape index (κ3) is 4.47. The number of hydrogen-bond acceptors (Lipinski definition) is 4. The molecule has 0 radical (unpaired) electrons. The van der Waals surface area contributed by atoms with Crippen molar-refractivity contribution in [3.8, 4) is 11.5 Å². The summed E-state index contributed by atoms with van der Waals surface area (Å²) >= 11 is 6.01. The number of carbonyl (C=O) groups excluding carboxylic acids is 2. The summed E-state index contributed by atoms with van der Waals surface area (Å²) in [5.41, 5.74) is 1.99. The fourth-order valence-electron chi connectivity index (χ4n) is 1.89. The van der Waals surface area contributed by atoms with E-state index in [1.165, 1.54) is 7.11 Å². The number of halogens is 1. The molecule has 1 N–H and O–H groups in total. The number of aryl methyl sites for hydroxylation is 1. The van der Waals surface area contributed by atoms with E-state index in [0.29, 0.717) is 34.1 Å². The van der Waals surface area contributed by atoms with E-state index in [9.17, 15) is 9.59 Å². The first-order valence-electron chi connectivity index (χ1n) is 6.85. The summed E-state index contributed by atoms with van der Waals surface area (Å²) in [7, 11) is 1.46. The highest BCUT2D eigenvalue weighted by Crippen LogP contribution is 2.27. The molecule has 0 aliphatic heterocycles. The lowest BCUT2D eigenvalue weighted by molar-refractivity contribution is -0.118. The van der Waals surface area contributed by atoms with Crippen LogP contribution in [0.5, 0.6) is 11.5 Å². The van der Waals surface area contributed by atoms with Crippen LogP contribution in [0.3, 0.4) is 0 Å². The molecule has 0 aliphatic rings. The lowest BCUT2D eigenvalue weighted by Gasteiger charge is -2.11. The smallest absolute Gasteiger partial charge is 0.262 e. The first kappa shape index (κ1) is 16.8. The fraction of sp³-hybridized carbons (Fsp3) is 0.176. The van der Waals surface area contributed by atoms with Crippen molar-refractivity contribution in [3.63, 3.8) is 0 Å². The summed E-state index contributed by atoms with van der Waals surface area (Å²) in [5.74, 6) is 0.447. The molecule has 6 heteroatoms. The van der Waals surface area contributed by atoms with E-state index in [2.05, 4.69) is 5.32 Å². The van der Waals surface area contributed by atoms with Crippen molar-refractivity contribution < 1.29 is 19.1 Å². The Hall–Kier alpha value is -2.53. The predicted octanol–water partition coefficient (Wildman–Crippen LogP) is 3.49. The molecular weight excluding hydrogens is 318 g/mol. The molecule has 0 aliphatic carbocycles. The summed E-state index contributed by atoms with van der Waals surface area (Å²) in [6.45, 7) is 1.69.